The molecular formula is C12H14BrN3O2. The third-order valence-electron chi connectivity index (χ3n) is 4.19. The Morgan fingerprint density at radius 3 is 2.83 bits per heavy atom. The molecule has 2 atom stereocenters. The van der Waals surface area contributed by atoms with E-state index in [-0.39, 0.29) is 5.92 Å². The number of nitrogens with zero attached hydrogens (tertiary/aromatic N) is 3. The Balaban J connectivity index is 1.86. The molecule has 2 fully saturated rings. The molecule has 0 radical (unpaired) electrons. The maximum absolute atomic E-state index is 11.6. The van der Waals surface area contributed by atoms with Gasteiger partial charge in [-0.3, -0.25) is 4.79 Å². The van der Waals surface area contributed by atoms with Gasteiger partial charge < -0.3 is 10.0 Å². The lowest BCUT2D eigenvalue weighted by Gasteiger charge is -2.23. The summed E-state index contributed by atoms with van der Waals surface area (Å²) in [5, 5.41) is 9.51. The van der Waals surface area contributed by atoms with Gasteiger partial charge in [0.2, 0.25) is 5.95 Å². The Labute approximate surface area is 113 Å². The van der Waals surface area contributed by atoms with Gasteiger partial charge >= 0.3 is 5.97 Å². The van der Waals surface area contributed by atoms with Crippen LogP contribution in [0.2, 0.25) is 0 Å². The molecule has 1 aliphatic heterocycles. The molecule has 2 aliphatic rings. The van der Waals surface area contributed by atoms with E-state index in [2.05, 4.69) is 25.9 Å². The van der Waals surface area contributed by atoms with E-state index in [1.165, 1.54) is 0 Å². The average molecular weight is 312 g/mol. The van der Waals surface area contributed by atoms with Gasteiger partial charge in [0.1, 0.15) is 0 Å². The van der Waals surface area contributed by atoms with Gasteiger partial charge in [0.25, 0.3) is 0 Å². The van der Waals surface area contributed by atoms with Crippen LogP contribution in [0.5, 0.6) is 0 Å². The molecule has 3 rings (SSSR count). The first-order valence-corrected chi connectivity index (χ1v) is 6.87. The van der Waals surface area contributed by atoms with Crippen molar-refractivity contribution in [1.82, 2.24) is 9.97 Å². The molecule has 6 heteroatoms. The van der Waals surface area contributed by atoms with Gasteiger partial charge in [-0.05, 0) is 34.7 Å². The zero-order valence-electron chi connectivity index (χ0n) is 9.84. The summed E-state index contributed by atoms with van der Waals surface area (Å²) in [6.45, 7) is 1.29. The molecular weight excluding hydrogens is 298 g/mol. The normalized spacial score (nSPS) is 30.5. The summed E-state index contributed by atoms with van der Waals surface area (Å²) in [5.74, 6) is 0.208. The van der Waals surface area contributed by atoms with E-state index >= 15 is 0 Å². The van der Waals surface area contributed by atoms with E-state index in [9.17, 15) is 9.90 Å². The monoisotopic (exact) mass is 311 g/mol. The number of halogens is 1. The number of aromatic nitrogens is 2. The summed E-state index contributed by atoms with van der Waals surface area (Å²) in [5.41, 5.74) is -0.573. The largest absolute Gasteiger partial charge is 0.481 e. The Morgan fingerprint density at radius 1 is 1.50 bits per heavy atom. The van der Waals surface area contributed by atoms with Crippen LogP contribution in [0.4, 0.5) is 5.95 Å². The van der Waals surface area contributed by atoms with Gasteiger partial charge in [0.05, 0.1) is 9.89 Å². The van der Waals surface area contributed by atoms with E-state index in [4.69, 9.17) is 0 Å². The standard InChI is InChI=1S/C12H14BrN3O2/c13-9-4-14-11(15-5-9)16-6-8-2-1-3-12(8,7-16)10(17)18/h4-5,8H,1-3,6-7H2,(H,17,18)/t8-,12+/m0/s1. The minimum atomic E-state index is -0.662. The summed E-state index contributed by atoms with van der Waals surface area (Å²) >= 11 is 3.30. The smallest absolute Gasteiger partial charge is 0.311 e. The maximum Gasteiger partial charge on any atom is 0.311 e. The third kappa shape index (κ3) is 1.70. The molecule has 0 aromatic carbocycles. The maximum atomic E-state index is 11.6. The van der Waals surface area contributed by atoms with Crippen LogP contribution in [0.3, 0.4) is 0 Å². The van der Waals surface area contributed by atoms with Crippen molar-refractivity contribution in [2.75, 3.05) is 18.0 Å². The number of hydrogen-bond acceptors (Lipinski definition) is 4. The van der Waals surface area contributed by atoms with Crippen molar-refractivity contribution in [3.05, 3.63) is 16.9 Å². The van der Waals surface area contributed by atoms with Crippen molar-refractivity contribution in [3.63, 3.8) is 0 Å². The number of carboxylic acids is 1. The molecule has 5 nitrogen and oxygen atoms in total. The topological polar surface area (TPSA) is 66.3 Å². The highest BCUT2D eigenvalue weighted by Crippen LogP contribution is 2.49. The van der Waals surface area contributed by atoms with E-state index in [0.717, 1.165) is 30.3 Å². The summed E-state index contributed by atoms with van der Waals surface area (Å²) in [6.07, 6.45) is 6.19. The second-order valence-electron chi connectivity index (χ2n) is 5.13. The van der Waals surface area contributed by atoms with E-state index in [0.29, 0.717) is 12.5 Å². The first-order valence-electron chi connectivity index (χ1n) is 6.08. The van der Waals surface area contributed by atoms with Crippen molar-refractivity contribution in [2.45, 2.75) is 19.3 Å². The summed E-state index contributed by atoms with van der Waals surface area (Å²) in [4.78, 5) is 22.1. The minimum absolute atomic E-state index is 0.238. The predicted molar refractivity (Wildman–Crippen MR) is 69.4 cm³/mol. The number of rotatable bonds is 2. The molecule has 18 heavy (non-hydrogen) atoms. The van der Waals surface area contributed by atoms with Crippen LogP contribution in [0.15, 0.2) is 16.9 Å². The molecule has 1 aromatic rings. The van der Waals surface area contributed by atoms with E-state index in [1.54, 1.807) is 12.4 Å². The zero-order chi connectivity index (χ0) is 12.8. The Hall–Kier alpha value is -1.17. The van der Waals surface area contributed by atoms with Crippen LogP contribution >= 0.6 is 15.9 Å². The fourth-order valence-electron chi connectivity index (χ4n) is 3.26. The first kappa shape index (κ1) is 11.9. The molecule has 1 aliphatic carbocycles. The first-order chi connectivity index (χ1) is 8.62. The molecule has 0 bridgehead atoms. The summed E-state index contributed by atoms with van der Waals surface area (Å²) < 4.78 is 0.832. The van der Waals surface area contributed by atoms with E-state index < -0.39 is 11.4 Å². The number of carbonyl (C=O) groups is 1. The lowest BCUT2D eigenvalue weighted by molar-refractivity contribution is -0.149. The van der Waals surface area contributed by atoms with Crippen LogP contribution in [0.25, 0.3) is 0 Å². The highest BCUT2D eigenvalue weighted by molar-refractivity contribution is 9.10. The fourth-order valence-corrected chi connectivity index (χ4v) is 3.46. The van der Waals surface area contributed by atoms with Gasteiger partial charge in [-0.1, -0.05) is 6.42 Å². The molecule has 2 heterocycles. The number of carboxylic acid groups (broad SMARTS) is 1. The Morgan fingerprint density at radius 2 is 2.22 bits per heavy atom. The van der Waals surface area contributed by atoms with Crippen molar-refractivity contribution in [1.29, 1.82) is 0 Å². The molecule has 1 saturated carbocycles. The van der Waals surface area contributed by atoms with Gasteiger partial charge in [-0.25, -0.2) is 9.97 Å². The zero-order valence-corrected chi connectivity index (χ0v) is 11.4. The quantitative estimate of drug-likeness (QED) is 0.904. The van der Waals surface area contributed by atoms with Crippen molar-refractivity contribution in [3.8, 4) is 0 Å². The van der Waals surface area contributed by atoms with Crippen LogP contribution in [0.1, 0.15) is 19.3 Å². The number of fused-ring (bicyclic) bond motifs is 1. The SMILES string of the molecule is O=C(O)[C@@]12CCC[C@H]1CN(c1ncc(Br)cn1)C2. The summed E-state index contributed by atoms with van der Waals surface area (Å²) in [7, 11) is 0. The highest BCUT2D eigenvalue weighted by Gasteiger charge is 2.55. The van der Waals surface area contributed by atoms with Crippen LogP contribution in [0, 0.1) is 11.3 Å². The summed E-state index contributed by atoms with van der Waals surface area (Å²) in [6, 6.07) is 0. The number of hydrogen-bond donors (Lipinski definition) is 1. The second-order valence-corrected chi connectivity index (χ2v) is 6.05. The lowest BCUT2D eigenvalue weighted by Crippen LogP contribution is -2.36. The second kappa shape index (κ2) is 4.19. The molecule has 0 unspecified atom stereocenters. The van der Waals surface area contributed by atoms with Crippen molar-refractivity contribution < 1.29 is 9.90 Å². The molecule has 96 valence electrons. The van der Waals surface area contributed by atoms with Crippen LogP contribution in [-0.2, 0) is 4.79 Å². The molecule has 0 amide bonds. The predicted octanol–water partition coefficient (Wildman–Crippen LogP) is 1.93. The van der Waals surface area contributed by atoms with Gasteiger partial charge in [0, 0.05) is 25.5 Å². The van der Waals surface area contributed by atoms with E-state index in [1.807, 2.05) is 4.90 Å². The minimum Gasteiger partial charge on any atom is -0.481 e. The van der Waals surface area contributed by atoms with Crippen molar-refractivity contribution >= 4 is 27.8 Å². The van der Waals surface area contributed by atoms with Gasteiger partial charge in [0.15, 0.2) is 0 Å². The average Bonchev–Trinajstić information content (AvgIpc) is 2.87. The molecule has 1 saturated heterocycles. The van der Waals surface area contributed by atoms with Crippen molar-refractivity contribution in [2.24, 2.45) is 11.3 Å². The lowest BCUT2D eigenvalue weighted by atomic mass is 9.81. The molecule has 1 aromatic heterocycles. The number of aliphatic carboxylic acids is 1. The Kier molecular flexibility index (Phi) is 2.77. The van der Waals surface area contributed by atoms with Crippen LogP contribution < -0.4 is 4.90 Å². The Bertz CT molecular complexity index is 479. The van der Waals surface area contributed by atoms with Gasteiger partial charge in [-0.15, -0.1) is 0 Å². The van der Waals surface area contributed by atoms with Crippen LogP contribution in [-0.4, -0.2) is 34.1 Å². The molecule has 1 N–H and O–H groups in total. The van der Waals surface area contributed by atoms with Gasteiger partial charge in [-0.2, -0.15) is 0 Å². The molecule has 0 spiro atoms. The number of anilines is 1. The highest BCUT2D eigenvalue weighted by atomic mass is 79.9. The third-order valence-corrected chi connectivity index (χ3v) is 4.60. The fraction of sp³-hybridized carbons (Fsp3) is 0.583.